The van der Waals surface area contributed by atoms with Crippen molar-refractivity contribution in [1.82, 2.24) is 0 Å². The highest BCUT2D eigenvalue weighted by atomic mass is 28.4. The van der Waals surface area contributed by atoms with Crippen molar-refractivity contribution >= 4 is 14.3 Å². The third-order valence-electron chi connectivity index (χ3n) is 4.38. The number of azide groups is 1. The number of carbonyl (C=O) groups excluding carboxylic acids is 1. The monoisotopic (exact) mass is 329 g/mol. The van der Waals surface area contributed by atoms with Gasteiger partial charge in [0, 0.05) is 18.3 Å². The van der Waals surface area contributed by atoms with E-state index in [1.54, 1.807) is 6.92 Å². The number of hydrogen-bond donors (Lipinski definition) is 0. The van der Waals surface area contributed by atoms with E-state index in [0.29, 0.717) is 6.42 Å². The van der Waals surface area contributed by atoms with Gasteiger partial charge in [0.2, 0.25) is 0 Å². The van der Waals surface area contributed by atoms with Crippen molar-refractivity contribution in [2.24, 2.45) is 5.11 Å². The number of carbonyl (C=O) groups is 1. The fourth-order valence-corrected chi connectivity index (χ4v) is 3.31. The molecule has 4 atom stereocenters. The second kappa shape index (κ2) is 7.00. The molecule has 22 heavy (non-hydrogen) atoms. The van der Waals surface area contributed by atoms with Crippen LogP contribution in [0.15, 0.2) is 5.11 Å². The van der Waals surface area contributed by atoms with Crippen LogP contribution in [0.3, 0.4) is 0 Å². The van der Waals surface area contributed by atoms with Gasteiger partial charge in [-0.1, -0.05) is 25.9 Å². The van der Waals surface area contributed by atoms with Crippen LogP contribution in [0.4, 0.5) is 0 Å². The number of hydrogen-bond acceptors (Lipinski definition) is 5. The zero-order chi connectivity index (χ0) is 17.1. The summed E-state index contributed by atoms with van der Waals surface area (Å²) < 4.78 is 17.3. The Kier molecular flexibility index (Phi) is 6.03. The molecule has 0 aromatic carbocycles. The van der Waals surface area contributed by atoms with Gasteiger partial charge in [0.05, 0.1) is 12.1 Å². The smallest absolute Gasteiger partial charge is 0.303 e. The van der Waals surface area contributed by atoms with Crippen LogP contribution in [-0.2, 0) is 18.7 Å². The average Bonchev–Trinajstić information content (AvgIpc) is 2.31. The van der Waals surface area contributed by atoms with Crippen molar-refractivity contribution in [3.8, 4) is 0 Å². The van der Waals surface area contributed by atoms with Gasteiger partial charge in [0.25, 0.3) is 0 Å². The summed E-state index contributed by atoms with van der Waals surface area (Å²) in [6, 6.07) is -0.479. The summed E-state index contributed by atoms with van der Waals surface area (Å²) >= 11 is 0. The molecule has 8 heteroatoms. The van der Waals surface area contributed by atoms with Gasteiger partial charge >= 0.3 is 5.97 Å². The van der Waals surface area contributed by atoms with Crippen molar-refractivity contribution in [2.45, 2.75) is 83.7 Å². The lowest BCUT2D eigenvalue weighted by Crippen LogP contribution is -2.53. The van der Waals surface area contributed by atoms with Gasteiger partial charge in [-0.05, 0) is 30.6 Å². The standard InChI is InChI=1S/C14H27N3O4Si/c1-9-13(20-10(2)18)11(16-17-15)8-12(19-9)21-22(6,7)14(3,4)5/h9,11-13H,8H2,1-7H3/t9-,11-,12+,13-/m0/s1. The van der Waals surface area contributed by atoms with Crippen LogP contribution in [0.25, 0.3) is 10.4 Å². The summed E-state index contributed by atoms with van der Waals surface area (Å²) in [6.07, 6.45) is -1.02. The van der Waals surface area contributed by atoms with E-state index in [4.69, 9.17) is 19.4 Å². The van der Waals surface area contributed by atoms with E-state index < -0.39 is 32.7 Å². The van der Waals surface area contributed by atoms with Crippen LogP contribution in [0.1, 0.15) is 41.0 Å². The maximum atomic E-state index is 11.2. The highest BCUT2D eigenvalue weighted by molar-refractivity contribution is 6.74. The molecular weight excluding hydrogens is 302 g/mol. The van der Waals surface area contributed by atoms with E-state index in [-0.39, 0.29) is 11.1 Å². The molecule has 1 heterocycles. The van der Waals surface area contributed by atoms with E-state index >= 15 is 0 Å². The first-order chi connectivity index (χ1) is 9.98. The summed E-state index contributed by atoms with van der Waals surface area (Å²) in [5.41, 5.74) is 8.75. The molecule has 0 spiro atoms. The summed E-state index contributed by atoms with van der Waals surface area (Å²) in [4.78, 5) is 14.1. The Bertz CT molecular complexity index is 457. The molecule has 0 radical (unpaired) electrons. The lowest BCUT2D eigenvalue weighted by Gasteiger charge is -2.44. The third-order valence-corrected chi connectivity index (χ3v) is 8.84. The van der Waals surface area contributed by atoms with Crippen LogP contribution >= 0.6 is 0 Å². The maximum absolute atomic E-state index is 11.2. The number of esters is 1. The van der Waals surface area contributed by atoms with Crippen LogP contribution in [0, 0.1) is 0 Å². The molecule has 0 amide bonds. The number of ether oxygens (including phenoxy) is 2. The molecule has 1 aliphatic rings. The molecule has 0 bridgehead atoms. The second-order valence-corrected chi connectivity index (χ2v) is 12.0. The van der Waals surface area contributed by atoms with Gasteiger partial charge in [0.15, 0.2) is 8.32 Å². The number of rotatable bonds is 4. The fraction of sp³-hybridized carbons (Fsp3) is 0.929. The average molecular weight is 329 g/mol. The molecule has 1 saturated heterocycles. The van der Waals surface area contributed by atoms with E-state index in [0.717, 1.165) is 0 Å². The highest BCUT2D eigenvalue weighted by Gasteiger charge is 2.44. The lowest BCUT2D eigenvalue weighted by molar-refractivity contribution is -0.205. The largest absolute Gasteiger partial charge is 0.459 e. The molecule has 0 aromatic rings. The van der Waals surface area contributed by atoms with Crippen molar-refractivity contribution in [1.29, 1.82) is 0 Å². The SMILES string of the molecule is CC(=O)O[C@@H]1[C@@H](N=[N+]=[N-])C[C@@H](O[Si](C)(C)C(C)(C)C)O[C@H]1C. The van der Waals surface area contributed by atoms with E-state index in [1.807, 2.05) is 0 Å². The van der Waals surface area contributed by atoms with E-state index in [1.165, 1.54) is 6.92 Å². The second-order valence-electron chi connectivity index (χ2n) is 7.23. The summed E-state index contributed by atoms with van der Waals surface area (Å²) in [5, 5.41) is 3.83. The van der Waals surface area contributed by atoms with Gasteiger partial charge in [-0.3, -0.25) is 4.79 Å². The maximum Gasteiger partial charge on any atom is 0.303 e. The molecule has 0 unspecified atom stereocenters. The van der Waals surface area contributed by atoms with E-state index in [2.05, 4.69) is 43.9 Å². The van der Waals surface area contributed by atoms with Crippen LogP contribution in [0.2, 0.25) is 18.1 Å². The number of nitrogens with zero attached hydrogens (tertiary/aromatic N) is 3. The fourth-order valence-electron chi connectivity index (χ4n) is 2.14. The highest BCUT2D eigenvalue weighted by Crippen LogP contribution is 2.39. The Hall–Kier alpha value is -1.08. The first-order valence-corrected chi connectivity index (χ1v) is 10.4. The molecule has 0 aromatic heterocycles. The zero-order valence-electron chi connectivity index (χ0n) is 14.5. The van der Waals surface area contributed by atoms with Gasteiger partial charge in [0.1, 0.15) is 12.4 Å². The Morgan fingerprint density at radius 3 is 2.45 bits per heavy atom. The van der Waals surface area contributed by atoms with E-state index in [9.17, 15) is 4.79 Å². The van der Waals surface area contributed by atoms with Crippen LogP contribution < -0.4 is 0 Å². The molecule has 0 N–H and O–H groups in total. The minimum Gasteiger partial charge on any atom is -0.459 e. The first kappa shape index (κ1) is 19.0. The van der Waals surface area contributed by atoms with Gasteiger partial charge in [-0.25, -0.2) is 0 Å². The molecule has 0 saturated carbocycles. The topological polar surface area (TPSA) is 93.5 Å². The molecule has 7 nitrogen and oxygen atoms in total. The third kappa shape index (κ3) is 4.71. The molecule has 126 valence electrons. The predicted molar refractivity (Wildman–Crippen MR) is 85.7 cm³/mol. The quantitative estimate of drug-likeness (QED) is 0.258. The van der Waals surface area contributed by atoms with Crippen LogP contribution in [0.5, 0.6) is 0 Å². The van der Waals surface area contributed by atoms with Crippen molar-refractivity contribution in [3.05, 3.63) is 10.4 Å². The van der Waals surface area contributed by atoms with Gasteiger partial charge < -0.3 is 13.9 Å². The molecule has 1 fully saturated rings. The predicted octanol–water partition coefficient (Wildman–Crippen LogP) is 3.75. The summed E-state index contributed by atoms with van der Waals surface area (Å²) in [6.45, 7) is 13.9. The Balaban J connectivity index is 2.87. The van der Waals surface area contributed by atoms with Gasteiger partial charge in [-0.15, -0.1) is 0 Å². The summed E-state index contributed by atoms with van der Waals surface area (Å²) in [5.74, 6) is -0.414. The van der Waals surface area contributed by atoms with Crippen molar-refractivity contribution in [3.63, 3.8) is 0 Å². The molecule has 1 rings (SSSR count). The Labute approximate surface area is 133 Å². The Morgan fingerprint density at radius 2 is 2.00 bits per heavy atom. The normalized spacial score (nSPS) is 29.6. The first-order valence-electron chi connectivity index (χ1n) is 7.52. The molecule has 1 aliphatic heterocycles. The Morgan fingerprint density at radius 1 is 1.41 bits per heavy atom. The minimum absolute atomic E-state index is 0.0559. The molecular formula is C14H27N3O4Si. The lowest BCUT2D eigenvalue weighted by atomic mass is 10.0. The van der Waals surface area contributed by atoms with Crippen molar-refractivity contribution < 1.29 is 18.7 Å². The van der Waals surface area contributed by atoms with Crippen LogP contribution in [-0.4, -0.2) is 38.8 Å². The summed E-state index contributed by atoms with van der Waals surface area (Å²) in [7, 11) is -2.00. The zero-order valence-corrected chi connectivity index (χ0v) is 15.5. The minimum atomic E-state index is -2.00. The van der Waals surface area contributed by atoms with Crippen molar-refractivity contribution in [2.75, 3.05) is 0 Å². The molecule has 0 aliphatic carbocycles. The van der Waals surface area contributed by atoms with Gasteiger partial charge in [-0.2, -0.15) is 0 Å².